The van der Waals surface area contributed by atoms with Crippen molar-refractivity contribution in [3.05, 3.63) is 53.2 Å². The molecule has 45 heavy (non-hydrogen) atoms. The van der Waals surface area contributed by atoms with E-state index >= 15 is 0 Å². The summed E-state index contributed by atoms with van der Waals surface area (Å²) in [6, 6.07) is 12.2. The van der Waals surface area contributed by atoms with E-state index in [1.807, 2.05) is 49.9 Å². The van der Waals surface area contributed by atoms with Crippen molar-refractivity contribution in [1.29, 1.82) is 0 Å². The first-order valence-electron chi connectivity index (χ1n) is 16.0. The van der Waals surface area contributed by atoms with E-state index in [1.165, 1.54) is 11.1 Å². The van der Waals surface area contributed by atoms with Gasteiger partial charge in [0, 0.05) is 18.9 Å². The van der Waals surface area contributed by atoms with Gasteiger partial charge in [0.1, 0.15) is 11.6 Å². The Morgan fingerprint density at radius 1 is 1.13 bits per heavy atom. The van der Waals surface area contributed by atoms with Crippen LogP contribution in [0.5, 0.6) is 5.75 Å². The van der Waals surface area contributed by atoms with Crippen molar-refractivity contribution in [1.82, 2.24) is 25.1 Å². The third-order valence-corrected chi connectivity index (χ3v) is 10.6. The summed E-state index contributed by atoms with van der Waals surface area (Å²) in [5.41, 5.74) is 5.83. The fraction of sp³-hybridized carbons (Fsp3) is 0.500. The van der Waals surface area contributed by atoms with Crippen LogP contribution in [0.25, 0.3) is 11.0 Å². The summed E-state index contributed by atoms with van der Waals surface area (Å²) >= 11 is 0. The van der Waals surface area contributed by atoms with E-state index in [2.05, 4.69) is 53.3 Å². The number of nitrogens with one attached hydrogen (secondary N) is 2. The van der Waals surface area contributed by atoms with Gasteiger partial charge in [-0.3, -0.25) is 14.2 Å². The lowest BCUT2D eigenvalue weighted by Gasteiger charge is -2.32. The van der Waals surface area contributed by atoms with Gasteiger partial charge in [0.25, 0.3) is 0 Å². The third-order valence-electron chi connectivity index (χ3n) is 8.91. The second-order valence-electron chi connectivity index (χ2n) is 12.7. The van der Waals surface area contributed by atoms with E-state index < -0.39 is 10.8 Å². The van der Waals surface area contributed by atoms with Crippen LogP contribution in [0.1, 0.15) is 76.1 Å². The highest BCUT2D eigenvalue weighted by Gasteiger charge is 2.34. The number of methoxy groups -OCH3 is 1. The van der Waals surface area contributed by atoms with Crippen molar-refractivity contribution < 1.29 is 13.7 Å². The molecule has 0 spiro atoms. The van der Waals surface area contributed by atoms with E-state index in [-0.39, 0.29) is 17.4 Å². The Bertz CT molecular complexity index is 1700. The maximum absolute atomic E-state index is 13.2. The van der Waals surface area contributed by atoms with Crippen LogP contribution < -0.4 is 15.0 Å². The zero-order valence-corrected chi connectivity index (χ0v) is 28.2. The average molecular weight is 632 g/mol. The van der Waals surface area contributed by atoms with Gasteiger partial charge in [-0.25, -0.2) is 0 Å². The van der Waals surface area contributed by atoms with E-state index in [9.17, 15) is 4.21 Å². The molecule has 4 aromatic rings. The number of ether oxygens (including phenoxy) is 2. The zero-order valence-electron chi connectivity index (χ0n) is 27.4. The molecule has 0 bridgehead atoms. The molecule has 11 heteroatoms. The topological polar surface area (TPSA) is 109 Å². The number of rotatable bonds is 10. The second kappa shape index (κ2) is 13.1. The number of aromatic nitrogens is 4. The Morgan fingerprint density at radius 3 is 2.60 bits per heavy atom. The maximum atomic E-state index is 13.2. The Hall–Kier alpha value is -3.54. The lowest BCUT2D eigenvalue weighted by atomic mass is 9.86. The molecule has 2 aromatic carbocycles. The van der Waals surface area contributed by atoms with Crippen molar-refractivity contribution in [2.24, 2.45) is 0 Å². The Labute approximate surface area is 268 Å². The quantitative estimate of drug-likeness (QED) is 0.197. The molecule has 2 aliphatic rings. The first-order valence-corrected chi connectivity index (χ1v) is 17.2. The van der Waals surface area contributed by atoms with Gasteiger partial charge in [0.05, 0.1) is 44.8 Å². The molecular weight excluding hydrogens is 586 g/mol. The number of aromatic amines is 1. The number of nitrogens with zero attached hydrogens (tertiary/aromatic N) is 5. The predicted molar refractivity (Wildman–Crippen MR) is 181 cm³/mol. The molecule has 2 unspecified atom stereocenters. The van der Waals surface area contributed by atoms with Crippen LogP contribution >= 0.6 is 0 Å². The summed E-state index contributed by atoms with van der Waals surface area (Å²) in [7, 11) is 0.583. The molecule has 2 aromatic heterocycles. The molecule has 0 radical (unpaired) electrons. The molecule has 2 N–H and O–H groups in total. The number of likely N-dealkylation sites (tertiary alicyclic amines) is 1. The molecular formula is C34H45N7O3S. The summed E-state index contributed by atoms with van der Waals surface area (Å²) in [4.78, 5) is 15.3. The van der Waals surface area contributed by atoms with Crippen LogP contribution in [0, 0.1) is 6.92 Å². The predicted octanol–water partition coefficient (Wildman–Crippen LogP) is 6.75. The minimum atomic E-state index is -1.18. The van der Waals surface area contributed by atoms with Gasteiger partial charge >= 0.3 is 0 Å². The highest BCUT2D eigenvalue weighted by Crippen LogP contribution is 2.46. The van der Waals surface area contributed by atoms with Gasteiger partial charge in [-0.05, 0) is 87.0 Å². The van der Waals surface area contributed by atoms with Crippen molar-refractivity contribution in [3.8, 4) is 5.75 Å². The lowest BCUT2D eigenvalue weighted by Crippen LogP contribution is -2.35. The number of hydrogen-bond donors (Lipinski definition) is 2. The number of para-hydroxylation sites is 1. The van der Waals surface area contributed by atoms with Crippen LogP contribution in [0.3, 0.4) is 0 Å². The normalized spacial score (nSPS) is 18.2. The highest BCUT2D eigenvalue weighted by atomic mass is 32.2. The fourth-order valence-electron chi connectivity index (χ4n) is 6.48. The van der Waals surface area contributed by atoms with Gasteiger partial charge in [0.15, 0.2) is 11.9 Å². The molecule has 10 nitrogen and oxygen atoms in total. The van der Waals surface area contributed by atoms with Gasteiger partial charge in [0.2, 0.25) is 5.95 Å². The highest BCUT2D eigenvalue weighted by molar-refractivity contribution is 7.85. The molecule has 2 aliphatic heterocycles. The molecule has 1 saturated heterocycles. The van der Waals surface area contributed by atoms with Crippen LogP contribution in [0.4, 0.5) is 23.1 Å². The third kappa shape index (κ3) is 6.17. The molecule has 240 valence electrons. The smallest absolute Gasteiger partial charge is 0.237 e. The number of aryl methyl sites for hydroxylation is 1. The summed E-state index contributed by atoms with van der Waals surface area (Å²) in [6.07, 6.45) is 1.94. The number of benzene rings is 2. The van der Waals surface area contributed by atoms with Gasteiger partial charge in [-0.15, -0.1) is 0 Å². The van der Waals surface area contributed by atoms with E-state index in [1.54, 1.807) is 7.11 Å². The summed E-state index contributed by atoms with van der Waals surface area (Å²) in [5, 5.41) is 12.1. The standard InChI is InChI=1S/C34H45N7O3S/c1-20(2)31-30-32(35-26-10-8-9-11-29(26)45(42)21(3)4)36-34(37-33(30)39-38-31)41-23(6)44-28-19-25(22(5)18-27(28)41)24-12-14-40(15-13-24)16-17-43-7/h8-11,18-21,23-24H,12-17H2,1-7H3,(H2,35,36,37,38,39). The van der Waals surface area contributed by atoms with Crippen LogP contribution in [0.2, 0.25) is 0 Å². The molecule has 0 saturated carbocycles. The summed E-state index contributed by atoms with van der Waals surface area (Å²) in [5.74, 6) is 2.65. The van der Waals surface area contributed by atoms with Gasteiger partial charge in [-0.2, -0.15) is 15.1 Å². The van der Waals surface area contributed by atoms with Gasteiger partial charge in [-0.1, -0.05) is 39.8 Å². The Balaban J connectivity index is 1.37. The van der Waals surface area contributed by atoms with E-state index in [0.29, 0.717) is 23.3 Å². The maximum Gasteiger partial charge on any atom is 0.237 e. The number of anilines is 4. The first-order chi connectivity index (χ1) is 21.7. The van der Waals surface area contributed by atoms with Crippen molar-refractivity contribution in [2.45, 2.75) is 82.6 Å². The van der Waals surface area contributed by atoms with Crippen LogP contribution in [0.15, 0.2) is 41.3 Å². The largest absolute Gasteiger partial charge is 0.468 e. The molecule has 6 rings (SSSR count). The second-order valence-corrected chi connectivity index (χ2v) is 14.7. The number of piperidine rings is 1. The summed E-state index contributed by atoms with van der Waals surface area (Å²) in [6.45, 7) is 16.3. The van der Waals surface area contributed by atoms with Crippen molar-refractivity contribution in [2.75, 3.05) is 43.6 Å². The van der Waals surface area contributed by atoms with Crippen LogP contribution in [-0.2, 0) is 15.5 Å². The monoisotopic (exact) mass is 631 g/mol. The lowest BCUT2D eigenvalue weighted by molar-refractivity contribution is 0.130. The number of fused-ring (bicyclic) bond motifs is 2. The molecule has 2 atom stereocenters. The Kier molecular flexibility index (Phi) is 9.12. The number of H-pyrrole nitrogens is 1. The SMILES string of the molecule is COCCN1CCC(c2cc3c(cc2C)N(c2nc(Nc4ccccc4S(=O)C(C)C)c4c(C(C)C)[nH]nc4n2)C(C)O3)CC1. The van der Waals surface area contributed by atoms with Crippen LogP contribution in [-0.4, -0.2) is 74.1 Å². The van der Waals surface area contributed by atoms with E-state index in [0.717, 1.165) is 72.2 Å². The minimum Gasteiger partial charge on any atom is -0.468 e. The zero-order chi connectivity index (χ0) is 31.8. The van der Waals surface area contributed by atoms with Crippen molar-refractivity contribution >= 4 is 45.0 Å². The summed E-state index contributed by atoms with van der Waals surface area (Å²) < 4.78 is 25.0. The first kappa shape index (κ1) is 31.4. The average Bonchev–Trinajstić information content (AvgIpc) is 3.60. The molecule has 1 fully saturated rings. The van der Waals surface area contributed by atoms with Gasteiger partial charge < -0.3 is 19.7 Å². The Morgan fingerprint density at radius 2 is 1.89 bits per heavy atom. The molecule has 0 amide bonds. The minimum absolute atomic E-state index is 0.0236. The number of hydrogen-bond acceptors (Lipinski definition) is 9. The van der Waals surface area contributed by atoms with Crippen molar-refractivity contribution in [3.63, 3.8) is 0 Å². The fourth-order valence-corrected chi connectivity index (χ4v) is 7.54. The molecule has 4 heterocycles. The molecule has 0 aliphatic carbocycles. The van der Waals surface area contributed by atoms with E-state index in [4.69, 9.17) is 19.4 Å².